The number of amides is 3. The van der Waals surface area contributed by atoms with Gasteiger partial charge in [-0.15, -0.1) is 0 Å². The van der Waals surface area contributed by atoms with E-state index in [2.05, 4.69) is 10.6 Å². The molecule has 8 nitrogen and oxygen atoms in total. The van der Waals surface area contributed by atoms with Crippen molar-refractivity contribution in [2.45, 2.75) is 58.5 Å². The Bertz CT molecular complexity index is 654. The van der Waals surface area contributed by atoms with Crippen LogP contribution in [0.25, 0.3) is 0 Å². The third kappa shape index (κ3) is 7.79. The molecule has 4 N–H and O–H groups in total. The summed E-state index contributed by atoms with van der Waals surface area (Å²) >= 11 is -2.35. The van der Waals surface area contributed by atoms with Crippen molar-refractivity contribution in [1.82, 2.24) is 15.5 Å². The molecular weight excluding hydrogens is 499 g/mol. The molecule has 3 atom stereocenters. The van der Waals surface area contributed by atoms with E-state index < -0.39 is 29.9 Å². The number of rotatable bonds is 9. The zero-order chi connectivity index (χ0) is 23.3. The Hall–Kier alpha value is -1.23. The maximum absolute atomic E-state index is 13.1. The fraction of sp³-hybridized carbons (Fsp3) is 0.810. The van der Waals surface area contributed by atoms with Crippen LogP contribution in [0.4, 0.5) is 4.79 Å². The molecule has 0 saturated heterocycles. The van der Waals surface area contributed by atoms with Crippen molar-refractivity contribution in [3.63, 3.8) is 0 Å². The molecule has 0 spiro atoms. The van der Waals surface area contributed by atoms with E-state index in [1.165, 1.54) is 4.90 Å². The minimum Gasteiger partial charge on any atom is -0.329 e. The zero-order valence-corrected chi connectivity index (χ0v) is 21.7. The average Bonchev–Trinajstić information content (AvgIpc) is 3.09. The first-order valence-electron chi connectivity index (χ1n) is 10.3. The Balaban J connectivity index is 2.86. The van der Waals surface area contributed by atoms with Crippen LogP contribution in [0.15, 0.2) is 0 Å². The van der Waals surface area contributed by atoms with Gasteiger partial charge in [-0.1, -0.05) is 0 Å². The monoisotopic (exact) mass is 539 g/mol. The van der Waals surface area contributed by atoms with Crippen molar-refractivity contribution in [3.8, 4) is 0 Å². The predicted octanol–water partition coefficient (Wildman–Crippen LogP) is -2.18. The van der Waals surface area contributed by atoms with Gasteiger partial charge in [0.2, 0.25) is 0 Å². The molecule has 0 aromatic carbocycles. The molecule has 1 rings (SSSR count). The quantitative estimate of drug-likeness (QED) is 0.133. The molecule has 176 valence electrons. The van der Waals surface area contributed by atoms with Gasteiger partial charge < -0.3 is 5.73 Å². The maximum atomic E-state index is 13.1. The molecule has 0 aromatic rings. The molecule has 3 unspecified atom stereocenters. The van der Waals surface area contributed by atoms with Gasteiger partial charge in [0, 0.05) is 0 Å². The van der Waals surface area contributed by atoms with Crippen LogP contribution in [-0.2, 0) is 14.4 Å². The van der Waals surface area contributed by atoms with Gasteiger partial charge in [-0.05, 0) is 0 Å². The third-order valence-corrected chi connectivity index (χ3v) is 8.64. The van der Waals surface area contributed by atoms with E-state index in [1.807, 2.05) is 14.8 Å². The van der Waals surface area contributed by atoms with Gasteiger partial charge in [0.25, 0.3) is 0 Å². The van der Waals surface area contributed by atoms with Crippen LogP contribution in [0.5, 0.6) is 0 Å². The molecule has 0 aliphatic heterocycles. The predicted molar refractivity (Wildman–Crippen MR) is 115 cm³/mol. The second kappa shape index (κ2) is 10.9. The number of alkyl halides is 3. The third-order valence-electron chi connectivity index (χ3n) is 5.39. The molecule has 1 aliphatic carbocycles. The molecule has 30 heavy (non-hydrogen) atoms. The number of nitrogens with zero attached hydrogens (tertiary/aromatic N) is 1. The number of nitrogens with one attached hydrogen (secondary N) is 2. The molecule has 1 fully saturated rings. The number of Topliss-reactive ketones (excluding diaryl/α,β-unsaturated/α-hetero) is 1. The smallest absolute Gasteiger partial charge is 0.329 e. The summed E-state index contributed by atoms with van der Waals surface area (Å²) < 4.78 is 0.142. The van der Waals surface area contributed by atoms with Gasteiger partial charge in [-0.2, -0.15) is 0 Å². The Morgan fingerprint density at radius 2 is 1.73 bits per heavy atom. The fourth-order valence-electron chi connectivity index (χ4n) is 3.30. The van der Waals surface area contributed by atoms with Crippen molar-refractivity contribution in [2.24, 2.45) is 17.1 Å². The second-order valence-corrected chi connectivity index (χ2v) is 20.4. The molecule has 1 aliphatic rings. The van der Waals surface area contributed by atoms with E-state index in [0.29, 0.717) is 12.8 Å². The van der Waals surface area contributed by atoms with Crippen molar-refractivity contribution in [1.29, 1.82) is 0 Å². The number of nitrogens with two attached hydrogens (primary N) is 1. The summed E-state index contributed by atoms with van der Waals surface area (Å²) in [6.45, 7) is 5.98. The van der Waals surface area contributed by atoms with E-state index in [1.54, 1.807) is 27.8 Å². The van der Waals surface area contributed by atoms with Crippen LogP contribution in [0, 0.1) is 11.3 Å². The van der Waals surface area contributed by atoms with Gasteiger partial charge in [0.1, 0.15) is 0 Å². The molecule has 0 heterocycles. The summed E-state index contributed by atoms with van der Waals surface area (Å²) in [6, 6.07) is -0.878. The number of hydrogen-bond acceptors (Lipinski definition) is 5. The number of likely N-dealkylation sites (N-methyl/N-ethyl adjacent to an activating group) is 1. The van der Waals surface area contributed by atoms with Crippen molar-refractivity contribution in [2.75, 3.05) is 34.9 Å². The van der Waals surface area contributed by atoms with Gasteiger partial charge in [0.15, 0.2) is 0 Å². The van der Waals surface area contributed by atoms with Gasteiger partial charge in [-0.3, -0.25) is 0 Å². The van der Waals surface area contributed by atoms with Gasteiger partial charge >= 0.3 is 179 Å². The minimum absolute atomic E-state index is 0.0107. The summed E-state index contributed by atoms with van der Waals surface area (Å²) in [4.78, 5) is 58.2. The fourth-order valence-corrected chi connectivity index (χ4v) is 4.68. The first-order chi connectivity index (χ1) is 13.7. The zero-order valence-electron chi connectivity index (χ0n) is 19.5. The van der Waals surface area contributed by atoms with E-state index in [4.69, 9.17) is 5.73 Å². The van der Waals surface area contributed by atoms with Crippen LogP contribution >= 0.6 is 0 Å². The molecule has 1 saturated carbocycles. The van der Waals surface area contributed by atoms with Gasteiger partial charge in [-0.25, -0.2) is 0 Å². The van der Waals surface area contributed by atoms with E-state index in [0.717, 1.165) is 6.42 Å². The summed E-state index contributed by atoms with van der Waals surface area (Å²) in [7, 11) is 1.58. The SMILES string of the molecule is CN(C(=O)C1CCC(NC(=O)[I-](C)(C)C)C1)C(CC(=O)C(C)(C)C)C(=O)NCCN. The molecule has 9 heteroatoms. The topological polar surface area (TPSA) is 122 Å². The minimum atomic E-state index is -2.35. The van der Waals surface area contributed by atoms with Crippen LogP contribution < -0.4 is 34.8 Å². The number of carbonyl (C=O) groups excluding carboxylic acids is 4. The molecular formula is C21H40IN4O4-. The summed E-state index contributed by atoms with van der Waals surface area (Å²) in [5.74, 6) is -0.861. The number of ketones is 1. The summed E-state index contributed by atoms with van der Waals surface area (Å²) in [5.41, 5.74) is 4.88. The summed E-state index contributed by atoms with van der Waals surface area (Å²) in [6.07, 6.45) is 1.94. The molecule has 0 aromatic heterocycles. The van der Waals surface area contributed by atoms with E-state index >= 15 is 0 Å². The Morgan fingerprint density at radius 1 is 1.13 bits per heavy atom. The van der Waals surface area contributed by atoms with Crippen LogP contribution in [0.2, 0.25) is 0 Å². The van der Waals surface area contributed by atoms with Crippen molar-refractivity contribution in [3.05, 3.63) is 0 Å². The normalized spacial score (nSPS) is 20.9. The Morgan fingerprint density at radius 3 is 2.23 bits per heavy atom. The second-order valence-electron chi connectivity index (χ2n) is 9.75. The molecule has 0 radical (unpaired) electrons. The average molecular weight is 539 g/mol. The molecule has 0 bridgehead atoms. The van der Waals surface area contributed by atoms with Gasteiger partial charge in [0.05, 0.1) is 0 Å². The summed E-state index contributed by atoms with van der Waals surface area (Å²) in [5, 5.41) is 5.80. The first-order valence-corrected chi connectivity index (χ1v) is 17.9. The molecule has 3 amide bonds. The van der Waals surface area contributed by atoms with Crippen LogP contribution in [0.1, 0.15) is 46.5 Å². The number of halogens is 1. The number of carbonyl (C=O) groups is 4. The van der Waals surface area contributed by atoms with Crippen molar-refractivity contribution < 1.29 is 37.6 Å². The standard InChI is InChI=1S/C21H40IN4O4/c1-21(2,3)17(27)13-16(18(28)24-11-10-23)26(7)19(29)14-8-9-15(12-14)25-20(30)22(4,5)6/h14-16H,8-13,23H2,1-7H3,(H,24,28)(H,25,30)/q-1. The van der Waals surface area contributed by atoms with E-state index in [-0.39, 0.29) is 53.0 Å². The van der Waals surface area contributed by atoms with Crippen molar-refractivity contribution >= 4 is 21.5 Å². The Kier molecular flexibility index (Phi) is 9.72. The number of hydrogen-bond donors (Lipinski definition) is 3. The Labute approximate surface area is 185 Å². The van der Waals surface area contributed by atoms with E-state index in [9.17, 15) is 19.2 Å². The van der Waals surface area contributed by atoms with Crippen LogP contribution in [-0.4, -0.2) is 73.4 Å². The first kappa shape index (κ1) is 26.8. The van der Waals surface area contributed by atoms with Crippen LogP contribution in [0.3, 0.4) is 0 Å².